The second kappa shape index (κ2) is 9.09. The van der Waals surface area contributed by atoms with Gasteiger partial charge in [-0.2, -0.15) is 0 Å². The Balaban J connectivity index is 1.30. The number of carbonyl (C=O) groups is 1. The van der Waals surface area contributed by atoms with Crippen LogP contribution in [0.15, 0.2) is 48.5 Å². The molecule has 0 aromatic heterocycles. The molecular weight excluding hydrogens is 374 g/mol. The molecule has 0 saturated carbocycles. The summed E-state index contributed by atoms with van der Waals surface area (Å²) in [5, 5.41) is 6.22. The topological polar surface area (TPSA) is 54.8 Å². The highest BCUT2D eigenvalue weighted by Crippen LogP contribution is 2.24. The Hall–Kier alpha value is -2.53. The van der Waals surface area contributed by atoms with Crippen molar-refractivity contribution in [3.8, 4) is 5.75 Å². The lowest BCUT2D eigenvalue weighted by Crippen LogP contribution is -3.17. The average Bonchev–Trinajstić information content (AvgIpc) is 2.96. The van der Waals surface area contributed by atoms with Crippen molar-refractivity contribution < 1.29 is 14.4 Å². The number of piperidine rings is 1. The molecule has 2 aromatic rings. The van der Waals surface area contributed by atoms with E-state index in [0.29, 0.717) is 18.0 Å². The Labute approximate surface area is 179 Å². The Morgan fingerprint density at radius 2 is 1.67 bits per heavy atom. The molecule has 2 aromatic carbocycles. The fourth-order valence-corrected chi connectivity index (χ4v) is 5.12. The van der Waals surface area contributed by atoms with Gasteiger partial charge in [-0.15, -0.1) is 0 Å². The number of urea groups is 1. The van der Waals surface area contributed by atoms with Crippen LogP contribution in [0.1, 0.15) is 56.6 Å². The predicted octanol–water partition coefficient (Wildman–Crippen LogP) is 3.72. The first-order valence-corrected chi connectivity index (χ1v) is 11.2. The molecule has 3 N–H and O–H groups in total. The predicted molar refractivity (Wildman–Crippen MR) is 120 cm³/mol. The standard InChI is InChI=1S/C25H33N3O2/c1-17(2)19-6-8-20(9-7-19)26-25(29)27-21-14-22-10-11-23(15-21)28(22)16-18-4-12-24(30-3)13-5-18/h4-9,12-13,17,21-23H,10-11,14-16H2,1-3H3,(H2,26,27,29)/p+1/t21?,22-,23+. The van der Waals surface area contributed by atoms with Crippen LogP contribution in [-0.4, -0.2) is 31.3 Å². The number of methoxy groups -OCH3 is 1. The highest BCUT2D eigenvalue weighted by Gasteiger charge is 2.44. The third-order valence-electron chi connectivity index (χ3n) is 6.79. The molecule has 2 amide bonds. The van der Waals surface area contributed by atoms with Gasteiger partial charge in [-0.3, -0.25) is 0 Å². The average molecular weight is 409 g/mol. The van der Waals surface area contributed by atoms with Crippen LogP contribution >= 0.6 is 0 Å². The zero-order valence-electron chi connectivity index (χ0n) is 18.3. The van der Waals surface area contributed by atoms with Crippen LogP contribution in [0.3, 0.4) is 0 Å². The minimum atomic E-state index is -0.0877. The van der Waals surface area contributed by atoms with Crippen LogP contribution in [0, 0.1) is 0 Å². The fourth-order valence-electron chi connectivity index (χ4n) is 5.12. The maximum Gasteiger partial charge on any atom is 0.319 e. The smallest absolute Gasteiger partial charge is 0.319 e. The maximum absolute atomic E-state index is 12.5. The van der Waals surface area contributed by atoms with Gasteiger partial charge in [-0.1, -0.05) is 26.0 Å². The summed E-state index contributed by atoms with van der Waals surface area (Å²) in [6.45, 7) is 5.40. The molecule has 2 bridgehead atoms. The Morgan fingerprint density at radius 3 is 2.23 bits per heavy atom. The molecule has 2 aliphatic rings. The van der Waals surface area contributed by atoms with Crippen LogP contribution in [0.4, 0.5) is 10.5 Å². The summed E-state index contributed by atoms with van der Waals surface area (Å²) < 4.78 is 5.27. The lowest BCUT2D eigenvalue weighted by molar-refractivity contribution is -0.954. The number of ether oxygens (including phenoxy) is 1. The van der Waals surface area contributed by atoms with Gasteiger partial charge < -0.3 is 20.3 Å². The number of anilines is 1. The van der Waals surface area contributed by atoms with Gasteiger partial charge in [-0.05, 0) is 47.9 Å². The van der Waals surface area contributed by atoms with Crippen molar-refractivity contribution in [2.45, 2.75) is 70.1 Å². The van der Waals surface area contributed by atoms with E-state index in [1.807, 2.05) is 24.3 Å². The van der Waals surface area contributed by atoms with Crippen molar-refractivity contribution in [1.29, 1.82) is 0 Å². The van der Waals surface area contributed by atoms with Crippen LogP contribution in [0.25, 0.3) is 0 Å². The Kier molecular flexibility index (Phi) is 6.28. The molecule has 5 nitrogen and oxygen atoms in total. The zero-order valence-corrected chi connectivity index (χ0v) is 18.3. The van der Waals surface area contributed by atoms with Crippen LogP contribution in [0.5, 0.6) is 5.75 Å². The number of hydrogen-bond acceptors (Lipinski definition) is 2. The molecule has 0 aliphatic carbocycles. The third kappa shape index (κ3) is 4.78. The number of hydrogen-bond donors (Lipinski definition) is 3. The third-order valence-corrected chi connectivity index (χ3v) is 6.79. The van der Waals surface area contributed by atoms with E-state index < -0.39 is 0 Å². The maximum atomic E-state index is 12.5. The number of carbonyl (C=O) groups excluding carboxylic acids is 1. The van der Waals surface area contributed by atoms with E-state index in [-0.39, 0.29) is 12.1 Å². The lowest BCUT2D eigenvalue weighted by atomic mass is 9.96. The van der Waals surface area contributed by atoms with Gasteiger partial charge >= 0.3 is 6.03 Å². The minimum absolute atomic E-state index is 0.0877. The summed E-state index contributed by atoms with van der Waals surface area (Å²) in [5.74, 6) is 1.40. The summed E-state index contributed by atoms with van der Waals surface area (Å²) in [6, 6.07) is 18.0. The van der Waals surface area contributed by atoms with Gasteiger partial charge in [0, 0.05) is 43.0 Å². The second-order valence-electron chi connectivity index (χ2n) is 9.11. The van der Waals surface area contributed by atoms with Gasteiger partial charge in [0.2, 0.25) is 0 Å². The molecule has 2 heterocycles. The highest BCUT2D eigenvalue weighted by atomic mass is 16.5. The van der Waals surface area contributed by atoms with Crippen molar-refractivity contribution in [3.05, 3.63) is 59.7 Å². The van der Waals surface area contributed by atoms with E-state index in [4.69, 9.17) is 4.74 Å². The molecule has 2 aliphatic heterocycles. The molecule has 0 spiro atoms. The summed E-state index contributed by atoms with van der Waals surface area (Å²) in [5.41, 5.74) is 3.49. The van der Waals surface area contributed by atoms with Gasteiger partial charge in [-0.25, -0.2) is 4.79 Å². The van der Waals surface area contributed by atoms with Crippen molar-refractivity contribution in [3.63, 3.8) is 0 Å². The van der Waals surface area contributed by atoms with Gasteiger partial charge in [0.05, 0.1) is 19.2 Å². The SMILES string of the molecule is COc1ccc(C[NH+]2[C@@H]3CC[C@H]2CC(NC(=O)Nc2ccc(C(C)C)cc2)C3)cc1. The van der Waals surface area contributed by atoms with E-state index in [9.17, 15) is 4.79 Å². The number of rotatable bonds is 6. The molecule has 160 valence electrons. The molecule has 2 saturated heterocycles. The largest absolute Gasteiger partial charge is 0.497 e. The molecule has 4 rings (SSSR count). The first kappa shape index (κ1) is 20.7. The van der Waals surface area contributed by atoms with Gasteiger partial charge in [0.15, 0.2) is 0 Å². The molecule has 30 heavy (non-hydrogen) atoms. The first-order chi connectivity index (χ1) is 14.5. The lowest BCUT2D eigenvalue weighted by Gasteiger charge is -2.36. The normalized spacial score (nSPS) is 25.2. The summed E-state index contributed by atoms with van der Waals surface area (Å²) >= 11 is 0. The van der Waals surface area contributed by atoms with Crippen LogP contribution in [-0.2, 0) is 6.54 Å². The first-order valence-electron chi connectivity index (χ1n) is 11.2. The van der Waals surface area contributed by atoms with Crippen LogP contribution < -0.4 is 20.3 Å². The summed E-state index contributed by atoms with van der Waals surface area (Å²) in [4.78, 5) is 14.2. The van der Waals surface area contributed by atoms with Gasteiger partial charge in [0.25, 0.3) is 0 Å². The number of nitrogens with one attached hydrogen (secondary N) is 3. The number of fused-ring (bicyclic) bond motifs is 2. The van der Waals surface area contributed by atoms with E-state index >= 15 is 0 Å². The molecule has 4 atom stereocenters. The van der Waals surface area contributed by atoms with Crippen molar-refractivity contribution in [2.24, 2.45) is 0 Å². The van der Waals surface area contributed by atoms with E-state index in [0.717, 1.165) is 30.8 Å². The zero-order chi connectivity index (χ0) is 21.1. The fraction of sp³-hybridized carbons (Fsp3) is 0.480. The van der Waals surface area contributed by atoms with Crippen molar-refractivity contribution in [1.82, 2.24) is 5.32 Å². The van der Waals surface area contributed by atoms with Gasteiger partial charge in [0.1, 0.15) is 12.3 Å². The van der Waals surface area contributed by atoms with E-state index in [2.05, 4.69) is 48.7 Å². The molecular formula is C25H34N3O2+. The molecule has 2 fully saturated rings. The molecule has 2 unspecified atom stereocenters. The van der Waals surface area contributed by atoms with Crippen molar-refractivity contribution in [2.75, 3.05) is 12.4 Å². The van der Waals surface area contributed by atoms with Crippen molar-refractivity contribution >= 4 is 11.7 Å². The van der Waals surface area contributed by atoms with E-state index in [1.54, 1.807) is 12.0 Å². The molecule has 5 heteroatoms. The number of amides is 2. The monoisotopic (exact) mass is 408 g/mol. The highest BCUT2D eigenvalue weighted by molar-refractivity contribution is 5.89. The quantitative estimate of drug-likeness (QED) is 0.682. The minimum Gasteiger partial charge on any atom is -0.497 e. The summed E-state index contributed by atoms with van der Waals surface area (Å²) in [6.07, 6.45) is 4.63. The Morgan fingerprint density at radius 1 is 1.03 bits per heavy atom. The molecule has 0 radical (unpaired) electrons. The Bertz CT molecular complexity index is 834. The number of quaternary nitrogens is 1. The number of benzene rings is 2. The van der Waals surface area contributed by atoms with E-state index in [1.165, 1.54) is 24.0 Å². The second-order valence-corrected chi connectivity index (χ2v) is 9.11. The van der Waals surface area contributed by atoms with Crippen LogP contribution in [0.2, 0.25) is 0 Å². The summed E-state index contributed by atoms with van der Waals surface area (Å²) in [7, 11) is 1.70.